The lowest BCUT2D eigenvalue weighted by Crippen LogP contribution is -2.32. The number of halogens is 1. The number of carbonyl (C=O) groups excluding carboxylic acids is 1. The smallest absolute Gasteiger partial charge is 0.253 e. The molecule has 1 N–H and O–H groups in total. The first kappa shape index (κ1) is 22.4. The Balaban J connectivity index is 1.44. The van der Waals surface area contributed by atoms with Gasteiger partial charge in [-0.2, -0.15) is 0 Å². The Morgan fingerprint density at radius 2 is 1.91 bits per heavy atom. The molecule has 0 bridgehead atoms. The standard InChI is InChI=1S/C28H29FN4O/c1-30-13-14-33(2)27(34)20-7-8-24-21(16-20)15-19(9-10-28(24)11-12-28)26-31-17-22(18-32-26)23-5-3-4-6-25(23)29/h3-9,16-18,30H,10-15H2,1-2H3. The fourth-order valence-corrected chi connectivity index (χ4v) is 4.82. The van der Waals surface area contributed by atoms with E-state index < -0.39 is 0 Å². The maximum Gasteiger partial charge on any atom is 0.253 e. The number of likely N-dealkylation sites (N-methyl/N-ethyl adjacent to an activating group) is 2. The highest BCUT2D eigenvalue weighted by Gasteiger charge is 2.45. The minimum absolute atomic E-state index is 0.0307. The summed E-state index contributed by atoms with van der Waals surface area (Å²) in [6, 6.07) is 12.8. The highest BCUT2D eigenvalue weighted by Crippen LogP contribution is 2.54. The molecular weight excluding hydrogens is 427 g/mol. The lowest BCUT2D eigenvalue weighted by atomic mass is 9.88. The molecule has 34 heavy (non-hydrogen) atoms. The molecule has 3 aromatic rings. The average molecular weight is 457 g/mol. The molecule has 1 amide bonds. The predicted octanol–water partition coefficient (Wildman–Crippen LogP) is 4.64. The first-order valence-electron chi connectivity index (χ1n) is 11.8. The van der Waals surface area contributed by atoms with E-state index >= 15 is 0 Å². The Morgan fingerprint density at radius 3 is 2.62 bits per heavy atom. The van der Waals surface area contributed by atoms with E-state index in [0.29, 0.717) is 35.5 Å². The molecule has 1 saturated carbocycles. The molecule has 1 aromatic heterocycles. The molecule has 2 aliphatic carbocycles. The lowest BCUT2D eigenvalue weighted by Gasteiger charge is -2.20. The van der Waals surface area contributed by atoms with Crippen molar-refractivity contribution < 1.29 is 9.18 Å². The van der Waals surface area contributed by atoms with Gasteiger partial charge in [-0.15, -0.1) is 0 Å². The summed E-state index contributed by atoms with van der Waals surface area (Å²) < 4.78 is 14.2. The third-order valence-electron chi connectivity index (χ3n) is 7.07. The van der Waals surface area contributed by atoms with Crippen molar-refractivity contribution in [3.05, 3.63) is 89.3 Å². The van der Waals surface area contributed by atoms with Gasteiger partial charge >= 0.3 is 0 Å². The van der Waals surface area contributed by atoms with Crippen molar-refractivity contribution in [3.8, 4) is 11.1 Å². The number of hydrogen-bond donors (Lipinski definition) is 1. The van der Waals surface area contributed by atoms with Crippen LogP contribution in [0.5, 0.6) is 0 Å². The number of fused-ring (bicyclic) bond motifs is 2. The number of nitrogens with zero attached hydrogens (tertiary/aromatic N) is 3. The van der Waals surface area contributed by atoms with Crippen molar-refractivity contribution >= 4 is 11.5 Å². The van der Waals surface area contributed by atoms with E-state index in [4.69, 9.17) is 0 Å². The lowest BCUT2D eigenvalue weighted by molar-refractivity contribution is 0.0796. The summed E-state index contributed by atoms with van der Waals surface area (Å²) in [5.41, 5.74) is 5.61. The molecule has 2 aromatic carbocycles. The molecule has 0 saturated heterocycles. The summed E-state index contributed by atoms with van der Waals surface area (Å²) >= 11 is 0. The van der Waals surface area contributed by atoms with Crippen LogP contribution in [-0.4, -0.2) is 48.0 Å². The van der Waals surface area contributed by atoms with Gasteiger partial charge in [-0.25, -0.2) is 14.4 Å². The fraction of sp³-hybridized carbons (Fsp3) is 0.321. The molecule has 1 heterocycles. The van der Waals surface area contributed by atoms with E-state index in [0.717, 1.165) is 31.4 Å². The van der Waals surface area contributed by atoms with Crippen LogP contribution in [0.25, 0.3) is 16.7 Å². The number of carbonyl (C=O) groups is 1. The van der Waals surface area contributed by atoms with Crippen LogP contribution in [0.2, 0.25) is 0 Å². The Hall–Kier alpha value is -3.38. The minimum atomic E-state index is -0.283. The summed E-state index contributed by atoms with van der Waals surface area (Å²) in [6.07, 6.45) is 9.58. The van der Waals surface area contributed by atoms with Gasteiger partial charge in [0.1, 0.15) is 5.82 Å². The maximum absolute atomic E-state index is 14.2. The van der Waals surface area contributed by atoms with Crippen molar-refractivity contribution in [1.82, 2.24) is 20.2 Å². The molecule has 0 radical (unpaired) electrons. The molecule has 5 nitrogen and oxygen atoms in total. The van der Waals surface area contributed by atoms with Gasteiger partial charge in [-0.05, 0) is 66.6 Å². The van der Waals surface area contributed by atoms with Crippen LogP contribution < -0.4 is 5.32 Å². The van der Waals surface area contributed by atoms with Gasteiger partial charge < -0.3 is 10.2 Å². The first-order chi connectivity index (χ1) is 16.5. The Bertz CT molecular complexity index is 1250. The van der Waals surface area contributed by atoms with Crippen LogP contribution >= 0.6 is 0 Å². The van der Waals surface area contributed by atoms with Crippen molar-refractivity contribution in [2.24, 2.45) is 0 Å². The summed E-state index contributed by atoms with van der Waals surface area (Å²) in [5, 5.41) is 3.09. The van der Waals surface area contributed by atoms with Gasteiger partial charge in [0.2, 0.25) is 0 Å². The van der Waals surface area contributed by atoms with E-state index in [-0.39, 0.29) is 17.1 Å². The third-order valence-corrected chi connectivity index (χ3v) is 7.07. The number of aromatic nitrogens is 2. The second-order valence-electron chi connectivity index (χ2n) is 9.37. The highest BCUT2D eigenvalue weighted by atomic mass is 19.1. The SMILES string of the molecule is CNCCN(C)C(=O)c1ccc2c(c1)CC(c1ncc(-c3ccccc3F)cn1)=CCC21CC1. The van der Waals surface area contributed by atoms with Crippen LogP contribution in [0.1, 0.15) is 46.6 Å². The van der Waals surface area contributed by atoms with E-state index in [2.05, 4.69) is 33.5 Å². The number of nitrogens with one attached hydrogen (secondary N) is 1. The van der Waals surface area contributed by atoms with Gasteiger partial charge in [-0.3, -0.25) is 4.79 Å². The Labute approximate surface area is 199 Å². The molecule has 174 valence electrons. The van der Waals surface area contributed by atoms with Crippen LogP contribution in [0, 0.1) is 5.82 Å². The van der Waals surface area contributed by atoms with Crippen LogP contribution in [0.15, 0.2) is 60.9 Å². The maximum atomic E-state index is 14.2. The third kappa shape index (κ3) is 4.26. The van der Waals surface area contributed by atoms with Gasteiger partial charge in [0.05, 0.1) is 0 Å². The van der Waals surface area contributed by atoms with Gasteiger partial charge in [0.25, 0.3) is 5.91 Å². The molecule has 0 aliphatic heterocycles. The molecule has 6 heteroatoms. The van der Waals surface area contributed by atoms with E-state index in [1.807, 2.05) is 20.2 Å². The number of benzene rings is 2. The predicted molar refractivity (Wildman–Crippen MR) is 132 cm³/mol. The van der Waals surface area contributed by atoms with Crippen LogP contribution in [-0.2, 0) is 11.8 Å². The van der Waals surface area contributed by atoms with Gasteiger partial charge in [0, 0.05) is 55.6 Å². The zero-order valence-corrected chi connectivity index (χ0v) is 19.6. The summed E-state index contributed by atoms with van der Waals surface area (Å²) in [6.45, 7) is 1.41. The van der Waals surface area contributed by atoms with Crippen molar-refractivity contribution in [3.63, 3.8) is 0 Å². The Kier molecular flexibility index (Phi) is 6.00. The summed E-state index contributed by atoms with van der Waals surface area (Å²) in [7, 11) is 3.72. The average Bonchev–Trinajstić information content (AvgIpc) is 3.67. The molecule has 1 fully saturated rings. The molecular formula is C28H29FN4O. The van der Waals surface area contributed by atoms with Crippen molar-refractivity contribution in [2.45, 2.75) is 31.1 Å². The number of hydrogen-bond acceptors (Lipinski definition) is 4. The topological polar surface area (TPSA) is 58.1 Å². The summed E-state index contributed by atoms with van der Waals surface area (Å²) in [4.78, 5) is 23.9. The molecule has 1 spiro atoms. The van der Waals surface area contributed by atoms with Crippen molar-refractivity contribution in [1.29, 1.82) is 0 Å². The zero-order chi connectivity index (χ0) is 23.7. The fourth-order valence-electron chi connectivity index (χ4n) is 4.82. The monoisotopic (exact) mass is 456 g/mol. The molecule has 2 aliphatic rings. The Morgan fingerprint density at radius 1 is 1.15 bits per heavy atom. The first-order valence-corrected chi connectivity index (χ1v) is 11.8. The zero-order valence-electron chi connectivity index (χ0n) is 19.6. The van der Waals surface area contributed by atoms with E-state index in [1.54, 1.807) is 35.5 Å². The minimum Gasteiger partial charge on any atom is -0.340 e. The second-order valence-corrected chi connectivity index (χ2v) is 9.37. The second kappa shape index (κ2) is 9.11. The van der Waals surface area contributed by atoms with Crippen LogP contribution in [0.3, 0.4) is 0 Å². The van der Waals surface area contributed by atoms with Crippen molar-refractivity contribution in [2.75, 3.05) is 27.2 Å². The quantitative estimate of drug-likeness (QED) is 0.587. The van der Waals surface area contributed by atoms with Crippen LogP contribution in [0.4, 0.5) is 4.39 Å². The largest absolute Gasteiger partial charge is 0.340 e. The number of allylic oxidation sites excluding steroid dienone is 2. The van der Waals surface area contributed by atoms with E-state index in [1.165, 1.54) is 17.2 Å². The molecule has 5 rings (SSSR count). The number of amides is 1. The normalized spacial score (nSPS) is 15.9. The van der Waals surface area contributed by atoms with Gasteiger partial charge in [0.15, 0.2) is 5.82 Å². The van der Waals surface area contributed by atoms with Gasteiger partial charge in [-0.1, -0.05) is 30.3 Å². The molecule has 0 atom stereocenters. The van der Waals surface area contributed by atoms with E-state index in [9.17, 15) is 9.18 Å². The number of rotatable bonds is 6. The highest BCUT2D eigenvalue weighted by molar-refractivity contribution is 5.94. The summed E-state index contributed by atoms with van der Waals surface area (Å²) in [5.74, 6) is 0.406. The molecule has 0 unspecified atom stereocenters.